The van der Waals surface area contributed by atoms with Crippen molar-refractivity contribution in [3.05, 3.63) is 42.1 Å². The number of anilines is 1. The molecular weight excluding hydrogens is 196 g/mol. The van der Waals surface area contributed by atoms with Crippen LogP contribution in [0, 0.1) is 0 Å². The molecule has 2 rings (SSSR count). The lowest BCUT2D eigenvalue weighted by molar-refractivity contribution is 0.0661. The molecule has 15 heavy (non-hydrogen) atoms. The van der Waals surface area contributed by atoms with E-state index in [0.29, 0.717) is 12.1 Å². The van der Waals surface area contributed by atoms with Gasteiger partial charge in [-0.1, -0.05) is 0 Å². The van der Waals surface area contributed by atoms with E-state index in [2.05, 4.69) is 10.3 Å². The topological polar surface area (TPSA) is 78.3 Å². The zero-order valence-corrected chi connectivity index (χ0v) is 7.86. The number of nitrogens with one attached hydrogen (secondary N) is 2. The smallest absolute Gasteiger partial charge is 0.372 e. The van der Waals surface area contributed by atoms with Crippen LogP contribution >= 0.6 is 0 Å². The molecule has 78 valence electrons. The highest BCUT2D eigenvalue weighted by Crippen LogP contribution is 2.13. The normalized spacial score (nSPS) is 10.1. The molecule has 0 saturated carbocycles. The van der Waals surface area contributed by atoms with Crippen LogP contribution in [0.4, 0.5) is 5.69 Å². The molecular formula is C10H10N2O3. The van der Waals surface area contributed by atoms with Crippen molar-refractivity contribution in [1.29, 1.82) is 0 Å². The van der Waals surface area contributed by atoms with Gasteiger partial charge < -0.3 is 19.8 Å². The quantitative estimate of drug-likeness (QED) is 0.714. The number of carbonyl (C=O) groups is 1. The Kier molecular flexibility index (Phi) is 2.45. The van der Waals surface area contributed by atoms with E-state index in [4.69, 9.17) is 9.52 Å². The summed E-state index contributed by atoms with van der Waals surface area (Å²) in [5.74, 6) is -1.07. The van der Waals surface area contributed by atoms with Crippen molar-refractivity contribution in [3.8, 4) is 0 Å². The van der Waals surface area contributed by atoms with Crippen LogP contribution in [-0.4, -0.2) is 16.1 Å². The number of H-pyrrole nitrogens is 1. The number of carboxylic acids is 1. The first kappa shape index (κ1) is 9.39. The second-order valence-corrected chi connectivity index (χ2v) is 3.03. The van der Waals surface area contributed by atoms with Gasteiger partial charge in [-0.05, 0) is 12.1 Å². The third-order valence-electron chi connectivity index (χ3n) is 2.02. The third kappa shape index (κ3) is 2.01. The predicted molar refractivity (Wildman–Crippen MR) is 53.8 cm³/mol. The van der Waals surface area contributed by atoms with Gasteiger partial charge in [-0.15, -0.1) is 0 Å². The van der Waals surface area contributed by atoms with E-state index in [9.17, 15) is 4.79 Å². The largest absolute Gasteiger partial charge is 0.475 e. The maximum Gasteiger partial charge on any atom is 0.372 e. The van der Waals surface area contributed by atoms with Crippen molar-refractivity contribution in [3.63, 3.8) is 0 Å². The van der Waals surface area contributed by atoms with Crippen molar-refractivity contribution in [2.75, 3.05) is 5.32 Å². The second-order valence-electron chi connectivity index (χ2n) is 3.03. The highest BCUT2D eigenvalue weighted by Gasteiger charge is 2.13. The first-order valence-corrected chi connectivity index (χ1v) is 4.43. The molecule has 2 aromatic rings. The fourth-order valence-corrected chi connectivity index (χ4v) is 1.29. The van der Waals surface area contributed by atoms with Crippen molar-refractivity contribution in [1.82, 2.24) is 4.98 Å². The fourth-order valence-electron chi connectivity index (χ4n) is 1.29. The predicted octanol–water partition coefficient (Wildman–Crippen LogP) is 1.92. The van der Waals surface area contributed by atoms with Crippen LogP contribution in [0.5, 0.6) is 0 Å². The van der Waals surface area contributed by atoms with Gasteiger partial charge in [0.05, 0.1) is 12.0 Å². The van der Waals surface area contributed by atoms with Gasteiger partial charge in [0.25, 0.3) is 0 Å². The number of hydrogen-bond donors (Lipinski definition) is 3. The third-order valence-corrected chi connectivity index (χ3v) is 2.02. The molecule has 0 aromatic carbocycles. The maximum atomic E-state index is 10.7. The molecule has 0 fully saturated rings. The van der Waals surface area contributed by atoms with Crippen LogP contribution in [0.15, 0.2) is 35.2 Å². The van der Waals surface area contributed by atoms with Crippen LogP contribution in [0.2, 0.25) is 0 Å². The Hall–Kier alpha value is -2.17. The molecule has 5 nitrogen and oxygen atoms in total. The minimum Gasteiger partial charge on any atom is -0.475 e. The molecule has 0 amide bonds. The summed E-state index contributed by atoms with van der Waals surface area (Å²) in [6, 6.07) is 3.50. The van der Waals surface area contributed by atoms with Crippen LogP contribution in [0.1, 0.15) is 16.1 Å². The zero-order valence-electron chi connectivity index (χ0n) is 7.86. The van der Waals surface area contributed by atoms with Crippen molar-refractivity contribution in [2.45, 2.75) is 6.54 Å². The van der Waals surface area contributed by atoms with E-state index in [1.807, 2.05) is 6.07 Å². The van der Waals surface area contributed by atoms with Gasteiger partial charge in [0.1, 0.15) is 0 Å². The summed E-state index contributed by atoms with van der Waals surface area (Å²) in [4.78, 5) is 13.6. The summed E-state index contributed by atoms with van der Waals surface area (Å²) in [7, 11) is 0. The SMILES string of the molecule is O=C(O)c1occc1CNc1cc[nH]c1. The first-order chi connectivity index (χ1) is 7.27. The van der Waals surface area contributed by atoms with Crippen LogP contribution in [-0.2, 0) is 6.54 Å². The Bertz CT molecular complexity index is 445. The molecule has 2 aromatic heterocycles. The molecule has 0 unspecified atom stereocenters. The summed E-state index contributed by atoms with van der Waals surface area (Å²) >= 11 is 0. The Morgan fingerprint density at radius 3 is 3.07 bits per heavy atom. The highest BCUT2D eigenvalue weighted by atomic mass is 16.4. The molecule has 0 saturated heterocycles. The van der Waals surface area contributed by atoms with Gasteiger partial charge in [0.2, 0.25) is 5.76 Å². The standard InChI is InChI=1S/C10H10N2O3/c13-10(14)9-7(2-4-15-9)5-12-8-1-3-11-6-8/h1-4,6,11-12H,5H2,(H,13,14). The molecule has 2 heterocycles. The summed E-state index contributed by atoms with van der Waals surface area (Å²) < 4.78 is 4.85. The van der Waals surface area contributed by atoms with Crippen LogP contribution in [0.3, 0.4) is 0 Å². The molecule has 0 spiro atoms. The molecule has 5 heteroatoms. The second kappa shape index (κ2) is 3.91. The summed E-state index contributed by atoms with van der Waals surface area (Å²) in [6.07, 6.45) is 4.95. The molecule has 0 bridgehead atoms. The number of aromatic nitrogens is 1. The average Bonchev–Trinajstić information content (AvgIpc) is 2.86. The van der Waals surface area contributed by atoms with E-state index in [1.54, 1.807) is 18.5 Å². The Morgan fingerprint density at radius 1 is 1.53 bits per heavy atom. The Balaban J connectivity index is 2.05. The molecule has 0 aliphatic carbocycles. The van der Waals surface area contributed by atoms with Crippen molar-refractivity contribution in [2.24, 2.45) is 0 Å². The summed E-state index contributed by atoms with van der Waals surface area (Å²) in [5, 5.41) is 11.9. The number of rotatable bonds is 4. The van der Waals surface area contributed by atoms with Gasteiger partial charge in [-0.25, -0.2) is 4.79 Å². The van der Waals surface area contributed by atoms with E-state index in [1.165, 1.54) is 6.26 Å². The minimum atomic E-state index is -1.05. The number of aromatic amines is 1. The van der Waals surface area contributed by atoms with Gasteiger partial charge in [0, 0.05) is 24.5 Å². The minimum absolute atomic E-state index is 0.0157. The van der Waals surface area contributed by atoms with Gasteiger partial charge >= 0.3 is 5.97 Å². The maximum absolute atomic E-state index is 10.7. The number of hydrogen-bond acceptors (Lipinski definition) is 3. The van der Waals surface area contributed by atoms with Gasteiger partial charge in [-0.2, -0.15) is 0 Å². The number of furan rings is 1. The molecule has 3 N–H and O–H groups in total. The fraction of sp³-hybridized carbons (Fsp3) is 0.100. The Labute approximate surface area is 85.7 Å². The van der Waals surface area contributed by atoms with E-state index >= 15 is 0 Å². The van der Waals surface area contributed by atoms with Crippen LogP contribution < -0.4 is 5.32 Å². The highest BCUT2D eigenvalue weighted by molar-refractivity contribution is 5.86. The lowest BCUT2D eigenvalue weighted by Crippen LogP contribution is -2.04. The van der Waals surface area contributed by atoms with E-state index < -0.39 is 5.97 Å². The lowest BCUT2D eigenvalue weighted by atomic mass is 10.2. The number of aromatic carboxylic acids is 1. The van der Waals surface area contributed by atoms with E-state index in [-0.39, 0.29) is 5.76 Å². The molecule has 0 aliphatic heterocycles. The zero-order chi connectivity index (χ0) is 10.7. The van der Waals surface area contributed by atoms with Gasteiger partial charge in [0.15, 0.2) is 0 Å². The average molecular weight is 206 g/mol. The van der Waals surface area contributed by atoms with Crippen molar-refractivity contribution < 1.29 is 14.3 Å². The Morgan fingerprint density at radius 2 is 2.40 bits per heavy atom. The monoisotopic (exact) mass is 206 g/mol. The lowest BCUT2D eigenvalue weighted by Gasteiger charge is -2.01. The van der Waals surface area contributed by atoms with Crippen LogP contribution in [0.25, 0.3) is 0 Å². The summed E-state index contributed by atoms with van der Waals surface area (Å²) in [5.41, 5.74) is 1.54. The first-order valence-electron chi connectivity index (χ1n) is 4.43. The number of carboxylic acid groups (broad SMARTS) is 1. The van der Waals surface area contributed by atoms with Gasteiger partial charge in [-0.3, -0.25) is 0 Å². The molecule has 0 aliphatic rings. The van der Waals surface area contributed by atoms with Crippen molar-refractivity contribution >= 4 is 11.7 Å². The molecule has 0 radical (unpaired) electrons. The molecule has 0 atom stereocenters. The van der Waals surface area contributed by atoms with E-state index in [0.717, 1.165) is 5.69 Å². The summed E-state index contributed by atoms with van der Waals surface area (Å²) in [6.45, 7) is 0.427.